The lowest BCUT2D eigenvalue weighted by Crippen LogP contribution is -2.57. The zero-order valence-corrected chi connectivity index (χ0v) is 22.9. The molecule has 13 nitrogen and oxygen atoms in total. The summed E-state index contributed by atoms with van der Waals surface area (Å²) in [4.78, 5) is 38.6. The Balaban J connectivity index is 1.49. The minimum Gasteiger partial charge on any atom is -0.465 e. The van der Waals surface area contributed by atoms with Gasteiger partial charge in [0, 0.05) is 18.7 Å². The van der Waals surface area contributed by atoms with Crippen molar-refractivity contribution in [3.63, 3.8) is 0 Å². The van der Waals surface area contributed by atoms with Crippen LogP contribution in [-0.4, -0.2) is 64.3 Å². The van der Waals surface area contributed by atoms with Crippen LogP contribution >= 0.6 is 7.75 Å². The van der Waals surface area contributed by atoms with Gasteiger partial charge in [0.25, 0.3) is 5.56 Å². The van der Waals surface area contributed by atoms with Gasteiger partial charge in [-0.05, 0) is 31.4 Å². The van der Waals surface area contributed by atoms with Crippen molar-refractivity contribution in [1.82, 2.24) is 14.6 Å². The highest BCUT2D eigenvalue weighted by atomic mass is 31.2. The second-order valence-corrected chi connectivity index (χ2v) is 11.6. The molecule has 1 aromatic carbocycles. The van der Waals surface area contributed by atoms with Crippen molar-refractivity contribution in [2.75, 3.05) is 19.8 Å². The first-order valence-electron chi connectivity index (χ1n) is 12.8. The molecule has 1 aromatic heterocycles. The van der Waals surface area contributed by atoms with Crippen LogP contribution in [0.15, 0.2) is 52.2 Å². The van der Waals surface area contributed by atoms with Gasteiger partial charge in [-0.25, -0.2) is 9.36 Å². The van der Waals surface area contributed by atoms with Crippen LogP contribution in [0.3, 0.4) is 0 Å². The standard InChI is InChI=1S/C25H34N3O10P/c1-16(2)10-13-34-22(31)17(3)27-39(33,38-18-7-5-4-6-8-18)36-15-19-21(30)25(11-14-35-25)23(37-19)28-12-9-20(29)26-24(28)32/h4-9,12,16-17,19,21,23,30H,10-11,13-15H2,1-3H3,(H,27,33)(H,26,29,32)/t17-,19+,21+,23+,25+,39-/m0/s1. The van der Waals surface area contributed by atoms with Gasteiger partial charge in [-0.15, -0.1) is 0 Å². The van der Waals surface area contributed by atoms with Crippen LogP contribution in [-0.2, 0) is 28.1 Å². The summed E-state index contributed by atoms with van der Waals surface area (Å²) in [7, 11) is -4.22. The molecule has 0 bridgehead atoms. The largest absolute Gasteiger partial charge is 0.465 e. The van der Waals surface area contributed by atoms with Crippen LogP contribution < -0.4 is 20.9 Å². The van der Waals surface area contributed by atoms with Crippen molar-refractivity contribution in [3.05, 3.63) is 63.4 Å². The van der Waals surface area contributed by atoms with Crippen LogP contribution in [0.4, 0.5) is 0 Å². The number of carbonyl (C=O) groups is 1. The zero-order valence-electron chi connectivity index (χ0n) is 22.0. The highest BCUT2D eigenvalue weighted by Crippen LogP contribution is 2.50. The monoisotopic (exact) mass is 567 g/mol. The molecule has 2 aliphatic rings. The fourth-order valence-corrected chi connectivity index (χ4v) is 5.82. The predicted molar refractivity (Wildman–Crippen MR) is 138 cm³/mol. The maximum Gasteiger partial charge on any atom is 0.459 e. The van der Waals surface area contributed by atoms with Crippen LogP contribution in [0.1, 0.15) is 39.8 Å². The molecule has 0 amide bonds. The molecule has 2 aromatic rings. The number of aromatic amines is 1. The van der Waals surface area contributed by atoms with Gasteiger partial charge in [-0.2, -0.15) is 5.09 Å². The van der Waals surface area contributed by atoms with Crippen LogP contribution in [0.25, 0.3) is 0 Å². The summed E-state index contributed by atoms with van der Waals surface area (Å²) in [5.74, 6) is -0.0702. The molecular weight excluding hydrogens is 533 g/mol. The third-order valence-corrected chi connectivity index (χ3v) is 8.21. The number of rotatable bonds is 12. The third-order valence-electron chi connectivity index (χ3n) is 6.56. The summed E-state index contributed by atoms with van der Waals surface area (Å²) in [5.41, 5.74) is -2.58. The van der Waals surface area contributed by atoms with Crippen molar-refractivity contribution in [3.8, 4) is 5.75 Å². The molecule has 39 heavy (non-hydrogen) atoms. The second-order valence-electron chi connectivity index (χ2n) is 9.94. The molecule has 3 N–H and O–H groups in total. The molecule has 2 fully saturated rings. The van der Waals surface area contributed by atoms with Gasteiger partial charge in [-0.1, -0.05) is 32.0 Å². The molecular formula is C25H34N3O10P. The van der Waals surface area contributed by atoms with E-state index in [4.69, 9.17) is 23.3 Å². The zero-order chi connectivity index (χ0) is 28.2. The number of hydrogen-bond acceptors (Lipinski definition) is 10. The molecule has 0 radical (unpaired) electrons. The van der Waals surface area contributed by atoms with Gasteiger partial charge in [0.1, 0.15) is 29.6 Å². The second kappa shape index (κ2) is 12.2. The van der Waals surface area contributed by atoms with Crippen LogP contribution in [0.2, 0.25) is 0 Å². The number of aliphatic hydroxyl groups excluding tert-OH is 1. The molecule has 3 heterocycles. The number of carbonyl (C=O) groups excluding carboxylic acids is 1. The number of hydrogen-bond donors (Lipinski definition) is 3. The topological polar surface area (TPSA) is 167 Å². The molecule has 1 spiro atoms. The Morgan fingerprint density at radius 1 is 1.26 bits per heavy atom. The molecule has 2 aliphatic heterocycles. The molecule has 14 heteroatoms. The summed E-state index contributed by atoms with van der Waals surface area (Å²) in [5, 5.41) is 13.7. The van der Waals surface area contributed by atoms with E-state index in [0.717, 1.165) is 10.6 Å². The van der Waals surface area contributed by atoms with E-state index in [0.29, 0.717) is 25.4 Å². The maximum atomic E-state index is 13.8. The first-order chi connectivity index (χ1) is 18.5. The Kier molecular flexibility index (Phi) is 9.10. The first-order valence-corrected chi connectivity index (χ1v) is 14.3. The number of H-pyrrole nitrogens is 1. The lowest BCUT2D eigenvalue weighted by Gasteiger charge is -2.44. The highest BCUT2D eigenvalue weighted by molar-refractivity contribution is 7.52. The van der Waals surface area contributed by atoms with Gasteiger partial charge in [0.15, 0.2) is 6.23 Å². The smallest absolute Gasteiger partial charge is 0.459 e. The Morgan fingerprint density at radius 2 is 1.97 bits per heavy atom. The van der Waals surface area contributed by atoms with Gasteiger partial charge in [-0.3, -0.25) is 23.7 Å². The lowest BCUT2D eigenvalue weighted by molar-refractivity contribution is -0.227. The van der Waals surface area contributed by atoms with E-state index in [1.165, 1.54) is 13.1 Å². The normalized spacial score (nSPS) is 26.6. The number of benzene rings is 1. The first kappa shape index (κ1) is 29.2. The van der Waals surface area contributed by atoms with E-state index in [2.05, 4.69) is 10.1 Å². The molecule has 4 rings (SSSR count). The number of ether oxygens (including phenoxy) is 3. The van der Waals surface area contributed by atoms with E-state index in [-0.39, 0.29) is 12.4 Å². The number of nitrogens with one attached hydrogen (secondary N) is 2. The average molecular weight is 568 g/mol. The summed E-state index contributed by atoms with van der Waals surface area (Å²) >= 11 is 0. The molecule has 0 aliphatic carbocycles. The predicted octanol–water partition coefficient (Wildman–Crippen LogP) is 1.73. The van der Waals surface area contributed by atoms with Crippen molar-refractivity contribution in [2.45, 2.75) is 63.7 Å². The number of para-hydroxylation sites is 1. The Labute approximate surface area is 225 Å². The van der Waals surface area contributed by atoms with Crippen molar-refractivity contribution >= 4 is 13.7 Å². The number of esters is 1. The summed E-state index contributed by atoms with van der Waals surface area (Å²) in [6.45, 7) is 5.58. The van der Waals surface area contributed by atoms with E-state index >= 15 is 0 Å². The third kappa shape index (κ3) is 6.68. The lowest BCUT2D eigenvalue weighted by atomic mass is 9.86. The SMILES string of the molecule is CC(C)CCOC(=O)[C@H](C)N[P@](=O)(OC[C@H]1O[C@@H](n2ccc(=O)[nH]c2=O)[C@@]2(CCO2)[C@@H]1O)Oc1ccccc1. The Hall–Kier alpha value is -2.80. The molecule has 214 valence electrons. The maximum absolute atomic E-state index is 13.8. The minimum atomic E-state index is -4.22. The summed E-state index contributed by atoms with van der Waals surface area (Å²) in [6.07, 6.45) is -1.13. The van der Waals surface area contributed by atoms with Crippen LogP contribution in [0.5, 0.6) is 5.75 Å². The van der Waals surface area contributed by atoms with E-state index in [1.807, 2.05) is 13.8 Å². The molecule has 0 unspecified atom stereocenters. The van der Waals surface area contributed by atoms with Crippen molar-refractivity contribution in [2.24, 2.45) is 5.92 Å². The minimum absolute atomic E-state index is 0.211. The highest BCUT2D eigenvalue weighted by Gasteiger charge is 2.62. The molecule has 2 saturated heterocycles. The van der Waals surface area contributed by atoms with Gasteiger partial charge >= 0.3 is 19.4 Å². The van der Waals surface area contributed by atoms with E-state index in [1.54, 1.807) is 30.3 Å². The fourth-order valence-electron chi connectivity index (χ4n) is 4.32. The summed E-state index contributed by atoms with van der Waals surface area (Å²) < 4.78 is 43.2. The fraction of sp³-hybridized carbons (Fsp3) is 0.560. The Bertz CT molecular complexity index is 1290. The summed E-state index contributed by atoms with van der Waals surface area (Å²) in [6, 6.07) is 8.35. The molecule has 6 atom stereocenters. The molecule has 0 saturated carbocycles. The average Bonchev–Trinajstić information content (AvgIpc) is 3.15. The number of aromatic nitrogens is 2. The van der Waals surface area contributed by atoms with Crippen LogP contribution in [0, 0.1) is 5.92 Å². The van der Waals surface area contributed by atoms with Gasteiger partial charge in [0.05, 0.1) is 19.8 Å². The van der Waals surface area contributed by atoms with Crippen molar-refractivity contribution in [1.29, 1.82) is 0 Å². The quantitative estimate of drug-likeness (QED) is 0.252. The number of nitrogens with zero attached hydrogens (tertiary/aromatic N) is 1. The van der Waals surface area contributed by atoms with E-state index < -0.39 is 61.7 Å². The number of aliphatic hydroxyl groups is 1. The Morgan fingerprint density at radius 3 is 2.59 bits per heavy atom. The van der Waals surface area contributed by atoms with Gasteiger partial charge < -0.3 is 23.8 Å². The van der Waals surface area contributed by atoms with Gasteiger partial charge in [0.2, 0.25) is 0 Å². The van der Waals surface area contributed by atoms with Crippen molar-refractivity contribution < 1.29 is 37.7 Å². The van der Waals surface area contributed by atoms with E-state index in [9.17, 15) is 24.1 Å².